The number of nitrogens with one attached hydrogen (secondary N) is 3. The maximum Gasteiger partial charge on any atom is 0.240 e. The summed E-state index contributed by atoms with van der Waals surface area (Å²) in [6, 6.07) is 14.5. The molecule has 0 spiro atoms. The van der Waals surface area contributed by atoms with E-state index in [1.54, 1.807) is 31.3 Å². The van der Waals surface area contributed by atoms with Crippen LogP contribution in [-0.4, -0.2) is 41.1 Å². The molecule has 6 nitrogen and oxygen atoms in total. The van der Waals surface area contributed by atoms with Gasteiger partial charge in [0.2, 0.25) is 10.0 Å². The van der Waals surface area contributed by atoms with Crippen molar-refractivity contribution in [2.45, 2.75) is 18.2 Å². The summed E-state index contributed by atoms with van der Waals surface area (Å²) in [5.74, 6) is 0.608. The molecule has 0 saturated heterocycles. The van der Waals surface area contributed by atoms with Crippen LogP contribution in [0.5, 0.6) is 0 Å². The molecule has 0 aliphatic rings. The molecule has 0 aromatic heterocycles. The molecule has 0 heterocycles. The smallest absolute Gasteiger partial charge is 0.240 e. The average molecular weight is 409 g/mol. The van der Waals surface area contributed by atoms with Gasteiger partial charge < -0.3 is 10.6 Å². The molecule has 27 heavy (non-hydrogen) atoms. The lowest BCUT2D eigenvalue weighted by molar-refractivity contribution is 0.580. The van der Waals surface area contributed by atoms with Crippen molar-refractivity contribution in [3.63, 3.8) is 0 Å². The normalized spacial score (nSPS) is 12.0. The van der Waals surface area contributed by atoms with Gasteiger partial charge in [0.15, 0.2) is 5.96 Å². The molecular weight excluding hydrogens is 384 g/mol. The minimum Gasteiger partial charge on any atom is -0.356 e. The van der Waals surface area contributed by atoms with Crippen molar-refractivity contribution in [2.75, 3.05) is 26.7 Å². The van der Waals surface area contributed by atoms with Gasteiger partial charge in [0.05, 0.1) is 4.90 Å². The number of guanidine groups is 1. The number of nitrogens with zero attached hydrogens (tertiary/aromatic N) is 1. The van der Waals surface area contributed by atoms with Gasteiger partial charge in [-0.3, -0.25) is 4.99 Å². The van der Waals surface area contributed by atoms with Crippen molar-refractivity contribution in [3.8, 4) is 0 Å². The van der Waals surface area contributed by atoms with Crippen LogP contribution in [0, 0.1) is 6.92 Å². The third kappa shape index (κ3) is 6.86. The molecule has 0 aliphatic carbocycles. The Balaban J connectivity index is 1.73. The zero-order valence-electron chi connectivity index (χ0n) is 15.5. The number of benzene rings is 2. The first-order valence-electron chi connectivity index (χ1n) is 8.66. The largest absolute Gasteiger partial charge is 0.356 e. The molecule has 0 fully saturated rings. The summed E-state index contributed by atoms with van der Waals surface area (Å²) in [6.07, 6.45) is 0.764. The second-order valence-electron chi connectivity index (χ2n) is 5.98. The number of rotatable bonds is 8. The summed E-state index contributed by atoms with van der Waals surface area (Å²) in [5.41, 5.74) is 2.08. The first-order valence-corrected chi connectivity index (χ1v) is 10.5. The van der Waals surface area contributed by atoms with E-state index in [2.05, 4.69) is 20.3 Å². The van der Waals surface area contributed by atoms with Crippen molar-refractivity contribution < 1.29 is 8.42 Å². The summed E-state index contributed by atoms with van der Waals surface area (Å²) in [5, 5.41) is 7.01. The topological polar surface area (TPSA) is 82.6 Å². The highest BCUT2D eigenvalue weighted by atomic mass is 35.5. The Morgan fingerprint density at radius 3 is 2.33 bits per heavy atom. The van der Waals surface area contributed by atoms with Crippen LogP contribution in [0.3, 0.4) is 0 Å². The van der Waals surface area contributed by atoms with E-state index < -0.39 is 10.0 Å². The first kappa shape index (κ1) is 21.2. The fraction of sp³-hybridized carbons (Fsp3) is 0.316. The maximum absolute atomic E-state index is 12.2. The lowest BCUT2D eigenvalue weighted by Gasteiger charge is -2.13. The van der Waals surface area contributed by atoms with E-state index in [-0.39, 0.29) is 11.4 Å². The summed E-state index contributed by atoms with van der Waals surface area (Å²) in [7, 11) is -1.84. The zero-order chi connectivity index (χ0) is 19.7. The Labute approximate surface area is 166 Å². The molecule has 8 heteroatoms. The quantitative estimate of drug-likeness (QED) is 0.355. The van der Waals surface area contributed by atoms with E-state index in [1.165, 1.54) is 0 Å². The highest BCUT2D eigenvalue weighted by Gasteiger charge is 2.12. The van der Waals surface area contributed by atoms with E-state index in [0.29, 0.717) is 19.0 Å². The lowest BCUT2D eigenvalue weighted by Crippen LogP contribution is -2.42. The molecule has 0 atom stereocenters. The number of hydrogen-bond donors (Lipinski definition) is 3. The number of aliphatic imine (C=N–C) groups is 1. The predicted octanol–water partition coefficient (Wildman–Crippen LogP) is 2.33. The molecule has 3 N–H and O–H groups in total. The van der Waals surface area contributed by atoms with E-state index in [4.69, 9.17) is 11.6 Å². The minimum atomic E-state index is -3.50. The van der Waals surface area contributed by atoms with Gasteiger partial charge in [0.1, 0.15) is 0 Å². The predicted molar refractivity (Wildman–Crippen MR) is 111 cm³/mol. The second kappa shape index (κ2) is 10.3. The van der Waals surface area contributed by atoms with Gasteiger partial charge in [-0.15, -0.1) is 0 Å². The Morgan fingerprint density at radius 1 is 1.00 bits per heavy atom. The van der Waals surface area contributed by atoms with Gasteiger partial charge in [-0.05, 0) is 37.1 Å². The number of sulfonamides is 1. The SMILES string of the molecule is CN=C(NCCNS(=O)(=O)c1ccc(C)cc1)NCCc1ccccc1Cl. The van der Waals surface area contributed by atoms with Gasteiger partial charge in [-0.1, -0.05) is 47.5 Å². The van der Waals surface area contributed by atoms with Crippen molar-refractivity contribution in [2.24, 2.45) is 4.99 Å². The number of aryl methyl sites for hydroxylation is 1. The highest BCUT2D eigenvalue weighted by Crippen LogP contribution is 2.14. The molecule has 2 aromatic rings. The Bertz CT molecular complexity index is 868. The van der Waals surface area contributed by atoms with Gasteiger partial charge >= 0.3 is 0 Å². The second-order valence-corrected chi connectivity index (χ2v) is 8.15. The molecular formula is C19H25ClN4O2S. The van der Waals surface area contributed by atoms with Crippen molar-refractivity contribution in [3.05, 3.63) is 64.7 Å². The molecule has 0 bridgehead atoms. The van der Waals surface area contributed by atoms with Gasteiger partial charge in [0.25, 0.3) is 0 Å². The third-order valence-corrected chi connectivity index (χ3v) is 5.75. The molecule has 0 aliphatic heterocycles. The van der Waals surface area contributed by atoms with Crippen LogP contribution in [0.15, 0.2) is 58.4 Å². The standard InChI is InChI=1S/C19H25ClN4O2S/c1-15-7-9-17(10-8-15)27(25,26)24-14-13-23-19(21-2)22-12-11-16-5-3-4-6-18(16)20/h3-10,24H,11-14H2,1-2H3,(H2,21,22,23). The van der Waals surface area contributed by atoms with Crippen LogP contribution in [0.4, 0.5) is 0 Å². The molecule has 0 amide bonds. The summed E-state index contributed by atoms with van der Waals surface area (Å²) >= 11 is 6.14. The van der Waals surface area contributed by atoms with Crippen molar-refractivity contribution >= 4 is 27.6 Å². The number of halogens is 1. The summed E-state index contributed by atoms with van der Waals surface area (Å²) in [6.45, 7) is 3.24. The maximum atomic E-state index is 12.2. The molecule has 0 radical (unpaired) electrons. The Hall–Kier alpha value is -2.09. The van der Waals surface area contributed by atoms with Crippen LogP contribution in [-0.2, 0) is 16.4 Å². The first-order chi connectivity index (χ1) is 12.9. The Kier molecular flexibility index (Phi) is 8.09. The summed E-state index contributed by atoms with van der Waals surface area (Å²) < 4.78 is 27.0. The monoisotopic (exact) mass is 408 g/mol. The zero-order valence-corrected chi connectivity index (χ0v) is 17.1. The van der Waals surface area contributed by atoms with E-state index in [1.807, 2.05) is 31.2 Å². The molecule has 0 unspecified atom stereocenters. The van der Waals surface area contributed by atoms with Gasteiger partial charge in [-0.25, -0.2) is 13.1 Å². The van der Waals surface area contributed by atoms with E-state index in [9.17, 15) is 8.42 Å². The van der Waals surface area contributed by atoms with Crippen molar-refractivity contribution in [1.82, 2.24) is 15.4 Å². The van der Waals surface area contributed by atoms with Crippen LogP contribution in [0.1, 0.15) is 11.1 Å². The molecule has 146 valence electrons. The van der Waals surface area contributed by atoms with Crippen LogP contribution < -0.4 is 15.4 Å². The van der Waals surface area contributed by atoms with Crippen LogP contribution in [0.2, 0.25) is 5.02 Å². The van der Waals surface area contributed by atoms with Crippen molar-refractivity contribution in [1.29, 1.82) is 0 Å². The third-order valence-electron chi connectivity index (χ3n) is 3.91. The fourth-order valence-electron chi connectivity index (χ4n) is 2.40. The Morgan fingerprint density at radius 2 is 1.67 bits per heavy atom. The van der Waals surface area contributed by atoms with E-state index >= 15 is 0 Å². The van der Waals surface area contributed by atoms with Gasteiger partial charge in [0, 0.05) is 31.7 Å². The summed E-state index contributed by atoms with van der Waals surface area (Å²) in [4.78, 5) is 4.39. The average Bonchev–Trinajstić information content (AvgIpc) is 2.65. The molecule has 2 rings (SSSR count). The minimum absolute atomic E-state index is 0.251. The number of hydrogen-bond acceptors (Lipinski definition) is 3. The van der Waals surface area contributed by atoms with Gasteiger partial charge in [-0.2, -0.15) is 0 Å². The highest BCUT2D eigenvalue weighted by molar-refractivity contribution is 7.89. The molecule has 0 saturated carbocycles. The fourth-order valence-corrected chi connectivity index (χ4v) is 3.67. The lowest BCUT2D eigenvalue weighted by atomic mass is 10.1. The van der Waals surface area contributed by atoms with Crippen LogP contribution >= 0.6 is 11.6 Å². The van der Waals surface area contributed by atoms with Crippen LogP contribution in [0.25, 0.3) is 0 Å². The van der Waals surface area contributed by atoms with E-state index in [0.717, 1.165) is 22.6 Å². The molecule has 2 aromatic carbocycles.